The Hall–Kier alpha value is -0.530. The van der Waals surface area contributed by atoms with Gasteiger partial charge >= 0.3 is 0 Å². The molecule has 0 aliphatic rings. The van der Waals surface area contributed by atoms with Crippen molar-refractivity contribution < 1.29 is 4.79 Å². The molecule has 0 saturated carbocycles. The van der Waals surface area contributed by atoms with Crippen LogP contribution in [0.1, 0.15) is 18.9 Å². The van der Waals surface area contributed by atoms with Crippen molar-refractivity contribution in [1.29, 1.82) is 0 Å². The lowest BCUT2D eigenvalue weighted by molar-refractivity contribution is -0.110. The predicted octanol–water partition coefficient (Wildman–Crippen LogP) is 3.63. The van der Waals surface area contributed by atoms with Crippen LogP contribution in [0.25, 0.3) is 0 Å². The molecular formula is C12H14Cl2O. The summed E-state index contributed by atoms with van der Waals surface area (Å²) in [6.07, 6.45) is 1.92. The maximum absolute atomic E-state index is 10.5. The molecule has 1 nitrogen and oxygen atoms in total. The first-order chi connectivity index (χ1) is 7.03. The number of rotatable bonds is 5. The highest BCUT2D eigenvalue weighted by Gasteiger charge is 2.26. The van der Waals surface area contributed by atoms with Gasteiger partial charge in [-0.15, -0.1) is 23.2 Å². The zero-order valence-corrected chi connectivity index (χ0v) is 10.1. The van der Waals surface area contributed by atoms with Gasteiger partial charge in [0.15, 0.2) is 0 Å². The Morgan fingerprint density at radius 2 is 1.93 bits per heavy atom. The van der Waals surface area contributed by atoms with Gasteiger partial charge in [0.1, 0.15) is 10.6 Å². The van der Waals surface area contributed by atoms with E-state index in [1.54, 1.807) is 0 Å². The number of hydrogen-bond acceptors (Lipinski definition) is 1. The molecule has 1 aromatic rings. The third kappa shape index (κ3) is 4.67. The standard InChI is InChI=1S/C12H14Cl2O/c1-10(9-15)7-12(13,14)8-11-5-3-2-4-6-11/h2-6,9-10H,7-8H2,1H3/t10-/m0/s1. The quantitative estimate of drug-likeness (QED) is 0.571. The van der Waals surface area contributed by atoms with Gasteiger partial charge in [0.05, 0.1) is 0 Å². The predicted molar refractivity (Wildman–Crippen MR) is 64.4 cm³/mol. The number of carbonyl (C=O) groups excluding carboxylic acids is 1. The Morgan fingerprint density at radius 1 is 1.33 bits per heavy atom. The van der Waals surface area contributed by atoms with Crippen LogP contribution >= 0.6 is 23.2 Å². The molecule has 0 heterocycles. The normalized spacial score (nSPS) is 13.5. The van der Waals surface area contributed by atoms with Crippen molar-refractivity contribution in [2.45, 2.75) is 24.1 Å². The average molecular weight is 245 g/mol. The van der Waals surface area contributed by atoms with Crippen LogP contribution in [0.4, 0.5) is 0 Å². The number of aldehydes is 1. The topological polar surface area (TPSA) is 17.1 Å². The van der Waals surface area contributed by atoms with E-state index < -0.39 is 4.33 Å². The van der Waals surface area contributed by atoms with Crippen LogP contribution < -0.4 is 0 Å². The molecule has 0 saturated heterocycles. The van der Waals surface area contributed by atoms with Crippen molar-refractivity contribution in [1.82, 2.24) is 0 Å². The first-order valence-electron chi connectivity index (χ1n) is 4.90. The molecule has 0 radical (unpaired) electrons. The third-order valence-electron chi connectivity index (χ3n) is 2.16. The number of hydrogen-bond donors (Lipinski definition) is 0. The lowest BCUT2D eigenvalue weighted by atomic mass is 10.0. The Morgan fingerprint density at radius 3 is 2.47 bits per heavy atom. The average Bonchev–Trinajstić information content (AvgIpc) is 2.17. The molecule has 1 rings (SSSR count). The van der Waals surface area contributed by atoms with E-state index in [0.717, 1.165) is 11.8 Å². The summed E-state index contributed by atoms with van der Waals surface area (Å²) in [5.74, 6) is -0.108. The summed E-state index contributed by atoms with van der Waals surface area (Å²) in [7, 11) is 0. The zero-order valence-electron chi connectivity index (χ0n) is 8.62. The minimum atomic E-state index is -0.859. The van der Waals surface area contributed by atoms with Gasteiger partial charge in [-0.1, -0.05) is 37.3 Å². The monoisotopic (exact) mass is 244 g/mol. The van der Waals surface area contributed by atoms with Crippen LogP contribution in [0.5, 0.6) is 0 Å². The van der Waals surface area contributed by atoms with E-state index >= 15 is 0 Å². The second kappa shape index (κ2) is 5.53. The Balaban J connectivity index is 2.60. The van der Waals surface area contributed by atoms with Crippen LogP contribution in [0.2, 0.25) is 0 Å². The molecule has 1 atom stereocenters. The second-order valence-corrected chi connectivity index (χ2v) is 5.48. The van der Waals surface area contributed by atoms with Gasteiger partial charge in [0, 0.05) is 12.3 Å². The van der Waals surface area contributed by atoms with Gasteiger partial charge in [-0.2, -0.15) is 0 Å². The van der Waals surface area contributed by atoms with Crippen molar-refractivity contribution in [3.05, 3.63) is 35.9 Å². The van der Waals surface area contributed by atoms with Crippen LogP contribution in [0.15, 0.2) is 30.3 Å². The molecule has 0 unspecified atom stereocenters. The van der Waals surface area contributed by atoms with E-state index in [0.29, 0.717) is 12.8 Å². The Bertz CT molecular complexity index is 309. The molecule has 0 amide bonds. The van der Waals surface area contributed by atoms with Crippen molar-refractivity contribution in [2.24, 2.45) is 5.92 Å². The Kier molecular flexibility index (Phi) is 4.62. The molecule has 0 aliphatic carbocycles. The fourth-order valence-corrected chi connectivity index (χ4v) is 2.28. The molecule has 3 heteroatoms. The molecule has 82 valence electrons. The minimum Gasteiger partial charge on any atom is -0.303 e. The molecule has 0 aliphatic heterocycles. The number of alkyl halides is 2. The van der Waals surface area contributed by atoms with E-state index in [1.165, 1.54) is 0 Å². The lowest BCUT2D eigenvalue weighted by Crippen LogP contribution is -2.20. The van der Waals surface area contributed by atoms with Gasteiger partial charge in [-0.25, -0.2) is 0 Å². The molecule has 0 fully saturated rings. The van der Waals surface area contributed by atoms with Gasteiger partial charge in [0.25, 0.3) is 0 Å². The SMILES string of the molecule is C[C@H](C=O)CC(Cl)(Cl)Cc1ccccc1. The van der Waals surface area contributed by atoms with E-state index in [1.807, 2.05) is 37.3 Å². The fraction of sp³-hybridized carbons (Fsp3) is 0.417. The molecular weight excluding hydrogens is 231 g/mol. The maximum atomic E-state index is 10.5. The molecule has 0 bridgehead atoms. The zero-order chi connectivity index (χ0) is 11.3. The van der Waals surface area contributed by atoms with Crippen molar-refractivity contribution in [3.63, 3.8) is 0 Å². The first-order valence-corrected chi connectivity index (χ1v) is 5.66. The summed E-state index contributed by atoms with van der Waals surface area (Å²) in [6.45, 7) is 1.82. The van der Waals surface area contributed by atoms with Gasteiger partial charge in [0.2, 0.25) is 0 Å². The summed E-state index contributed by atoms with van der Waals surface area (Å²) < 4.78 is -0.859. The summed E-state index contributed by atoms with van der Waals surface area (Å²) in [5.41, 5.74) is 1.08. The second-order valence-electron chi connectivity index (χ2n) is 3.84. The lowest BCUT2D eigenvalue weighted by Gasteiger charge is -2.21. The highest BCUT2D eigenvalue weighted by atomic mass is 35.5. The van der Waals surface area contributed by atoms with E-state index in [2.05, 4.69) is 0 Å². The molecule has 0 spiro atoms. The summed E-state index contributed by atoms with van der Waals surface area (Å²) >= 11 is 12.3. The third-order valence-corrected chi connectivity index (χ3v) is 2.73. The summed E-state index contributed by atoms with van der Waals surface area (Å²) in [4.78, 5) is 10.5. The van der Waals surface area contributed by atoms with Crippen LogP contribution in [0.3, 0.4) is 0 Å². The summed E-state index contributed by atoms with van der Waals surface area (Å²) in [6, 6.07) is 9.79. The van der Waals surface area contributed by atoms with Gasteiger partial charge in [-0.3, -0.25) is 0 Å². The largest absolute Gasteiger partial charge is 0.303 e. The van der Waals surface area contributed by atoms with E-state index in [9.17, 15) is 4.79 Å². The van der Waals surface area contributed by atoms with Gasteiger partial charge < -0.3 is 4.79 Å². The van der Waals surface area contributed by atoms with E-state index in [4.69, 9.17) is 23.2 Å². The molecule has 15 heavy (non-hydrogen) atoms. The van der Waals surface area contributed by atoms with Crippen molar-refractivity contribution in [2.75, 3.05) is 0 Å². The highest BCUT2D eigenvalue weighted by Crippen LogP contribution is 2.32. The number of benzene rings is 1. The highest BCUT2D eigenvalue weighted by molar-refractivity contribution is 6.48. The molecule has 0 N–H and O–H groups in total. The van der Waals surface area contributed by atoms with E-state index in [-0.39, 0.29) is 5.92 Å². The fourth-order valence-electron chi connectivity index (χ4n) is 1.49. The smallest absolute Gasteiger partial charge is 0.123 e. The molecule has 0 aromatic heterocycles. The first kappa shape index (κ1) is 12.5. The number of halogens is 2. The van der Waals surface area contributed by atoms with Crippen molar-refractivity contribution >= 4 is 29.5 Å². The minimum absolute atomic E-state index is 0.108. The Labute approximate surface area is 100 Å². The molecule has 1 aromatic carbocycles. The summed E-state index contributed by atoms with van der Waals surface area (Å²) in [5, 5.41) is 0. The van der Waals surface area contributed by atoms with Crippen LogP contribution in [-0.2, 0) is 11.2 Å². The van der Waals surface area contributed by atoms with Crippen LogP contribution in [-0.4, -0.2) is 10.6 Å². The number of carbonyl (C=O) groups is 1. The maximum Gasteiger partial charge on any atom is 0.123 e. The van der Waals surface area contributed by atoms with Gasteiger partial charge in [-0.05, 0) is 12.0 Å². The van der Waals surface area contributed by atoms with Crippen LogP contribution in [0, 0.1) is 5.92 Å². The van der Waals surface area contributed by atoms with Crippen molar-refractivity contribution in [3.8, 4) is 0 Å².